The zero-order valence-electron chi connectivity index (χ0n) is 5.22. The highest BCUT2D eigenvalue weighted by atomic mass is 127. The zero-order chi connectivity index (χ0) is 7.72. The molecule has 1 aromatic heterocycles. The number of aromatic nitrogens is 2. The summed E-state index contributed by atoms with van der Waals surface area (Å²) in [5, 5.41) is 0. The molecule has 10 heavy (non-hydrogen) atoms. The first-order valence-corrected chi connectivity index (χ1v) is 3.56. The normalized spacial score (nSPS) is 9.80. The predicted molar refractivity (Wildman–Crippen MR) is 45.5 cm³/mol. The number of aryl methyl sites for hydroxylation is 1. The molecule has 0 amide bonds. The highest BCUT2D eigenvalue weighted by Crippen LogP contribution is 1.87. The summed E-state index contributed by atoms with van der Waals surface area (Å²) in [7, 11) is 0. The fraction of sp³-hybridized carbons (Fsp3) is 0.200. The Morgan fingerprint density at radius 1 is 1.60 bits per heavy atom. The van der Waals surface area contributed by atoms with Crippen LogP contribution in [-0.2, 0) is 0 Å². The molecule has 0 saturated carbocycles. The van der Waals surface area contributed by atoms with Gasteiger partial charge in [-0.3, -0.25) is 9.78 Å². The second-order valence-corrected chi connectivity index (χ2v) is 2.92. The van der Waals surface area contributed by atoms with Gasteiger partial charge < -0.3 is 0 Å². The van der Waals surface area contributed by atoms with E-state index < -0.39 is 5.69 Å². The first-order valence-electron chi connectivity index (χ1n) is 2.60. The molecule has 5 heteroatoms. The van der Waals surface area contributed by atoms with Crippen molar-refractivity contribution in [2.45, 2.75) is 6.92 Å². The molecule has 0 saturated heterocycles. The van der Waals surface area contributed by atoms with Crippen LogP contribution in [0.1, 0.15) is 5.56 Å². The molecule has 0 bridgehead atoms. The van der Waals surface area contributed by atoms with Crippen molar-refractivity contribution in [3.05, 3.63) is 32.6 Å². The Morgan fingerprint density at radius 2 is 2.20 bits per heavy atom. The first-order chi connectivity index (χ1) is 4.61. The molecule has 0 spiro atoms. The van der Waals surface area contributed by atoms with Crippen LogP contribution in [0, 0.1) is 6.92 Å². The molecule has 1 N–H and O–H groups in total. The molecule has 1 rings (SSSR count). The molecule has 0 radical (unpaired) electrons. The van der Waals surface area contributed by atoms with Gasteiger partial charge in [0.2, 0.25) is 0 Å². The highest BCUT2D eigenvalue weighted by Gasteiger charge is 1.95. The van der Waals surface area contributed by atoms with Crippen LogP contribution in [0.3, 0.4) is 0 Å². The van der Waals surface area contributed by atoms with Crippen molar-refractivity contribution >= 4 is 22.9 Å². The van der Waals surface area contributed by atoms with Gasteiger partial charge in [-0.2, -0.15) is 0 Å². The molecular weight excluding hydrogens is 247 g/mol. The monoisotopic (exact) mass is 252 g/mol. The Balaban J connectivity index is 3.59. The molecule has 54 valence electrons. The van der Waals surface area contributed by atoms with Crippen LogP contribution in [-0.4, -0.2) is 7.76 Å². The molecule has 0 unspecified atom stereocenters. The van der Waals surface area contributed by atoms with Crippen LogP contribution < -0.4 is 11.2 Å². The minimum Gasteiger partial charge on any atom is -0.273 e. The summed E-state index contributed by atoms with van der Waals surface area (Å²) in [5.41, 5.74) is -0.178. The maximum atomic E-state index is 10.7. The summed E-state index contributed by atoms with van der Waals surface area (Å²) in [6.07, 6.45) is 1.49. The lowest BCUT2D eigenvalue weighted by Gasteiger charge is -1.92. The van der Waals surface area contributed by atoms with Crippen LogP contribution in [0.4, 0.5) is 0 Å². The summed E-state index contributed by atoms with van der Waals surface area (Å²) in [6.45, 7) is 1.65. The molecule has 1 heterocycles. The number of hydrogen-bond donors (Lipinski definition) is 1. The van der Waals surface area contributed by atoms with E-state index >= 15 is 0 Å². The summed E-state index contributed by atoms with van der Waals surface area (Å²) in [6, 6.07) is 0. The summed E-state index contributed by atoms with van der Waals surface area (Å²) in [5.74, 6) is 0. The Kier molecular flexibility index (Phi) is 1.93. The van der Waals surface area contributed by atoms with E-state index in [0.717, 1.165) is 0 Å². The number of hydrogen-bond acceptors (Lipinski definition) is 2. The second kappa shape index (κ2) is 2.57. The number of nitrogens with one attached hydrogen (secondary N) is 1. The molecule has 0 atom stereocenters. The minimum atomic E-state index is -0.392. The first kappa shape index (κ1) is 7.52. The van der Waals surface area contributed by atoms with Gasteiger partial charge in [0.1, 0.15) is 0 Å². The van der Waals surface area contributed by atoms with Gasteiger partial charge in [-0.25, -0.2) is 7.58 Å². The Labute approximate surface area is 70.4 Å². The minimum absolute atomic E-state index is 0.321. The van der Waals surface area contributed by atoms with Gasteiger partial charge in [-0.05, 0) is 6.92 Å². The molecule has 0 fully saturated rings. The van der Waals surface area contributed by atoms with Crippen LogP contribution >= 0.6 is 22.9 Å². The Morgan fingerprint density at radius 3 is 2.70 bits per heavy atom. The fourth-order valence-electron chi connectivity index (χ4n) is 0.536. The van der Waals surface area contributed by atoms with Crippen molar-refractivity contribution in [1.29, 1.82) is 0 Å². The van der Waals surface area contributed by atoms with Gasteiger partial charge in [0.05, 0.1) is 22.9 Å². The molecule has 4 nitrogen and oxygen atoms in total. The average Bonchev–Trinajstić information content (AvgIpc) is 1.84. The summed E-state index contributed by atoms with van der Waals surface area (Å²) < 4.78 is 1.30. The number of H-pyrrole nitrogens is 1. The molecule has 1 aromatic rings. The van der Waals surface area contributed by atoms with E-state index in [-0.39, 0.29) is 5.56 Å². The topological polar surface area (TPSA) is 54.9 Å². The van der Waals surface area contributed by atoms with Crippen molar-refractivity contribution < 1.29 is 0 Å². The van der Waals surface area contributed by atoms with Crippen molar-refractivity contribution in [2.75, 3.05) is 0 Å². The third-order valence-electron chi connectivity index (χ3n) is 1.08. The molecule has 0 aliphatic rings. The molecule has 0 aliphatic heterocycles. The lowest BCUT2D eigenvalue weighted by Crippen LogP contribution is -2.26. The van der Waals surface area contributed by atoms with E-state index in [2.05, 4.69) is 4.98 Å². The van der Waals surface area contributed by atoms with E-state index in [1.54, 1.807) is 29.8 Å². The van der Waals surface area contributed by atoms with E-state index in [1.165, 1.54) is 8.98 Å². The van der Waals surface area contributed by atoms with Gasteiger partial charge in [0.25, 0.3) is 5.56 Å². The smallest absolute Gasteiger partial charge is 0.273 e. The van der Waals surface area contributed by atoms with Gasteiger partial charge in [-0.15, -0.1) is 0 Å². The Bertz CT molecular complexity index is 320. The predicted octanol–water partition coefficient (Wildman–Crippen LogP) is 0.0431. The van der Waals surface area contributed by atoms with Crippen molar-refractivity contribution in [2.24, 2.45) is 0 Å². The van der Waals surface area contributed by atoms with Gasteiger partial charge in [0, 0.05) is 11.8 Å². The van der Waals surface area contributed by atoms with Gasteiger partial charge in [-0.1, -0.05) is 0 Å². The van der Waals surface area contributed by atoms with Gasteiger partial charge in [0.15, 0.2) is 0 Å². The van der Waals surface area contributed by atoms with Crippen molar-refractivity contribution in [1.82, 2.24) is 7.76 Å². The van der Waals surface area contributed by atoms with Crippen LogP contribution in [0.25, 0.3) is 0 Å². The van der Waals surface area contributed by atoms with E-state index in [4.69, 9.17) is 0 Å². The number of aromatic amines is 1. The van der Waals surface area contributed by atoms with Crippen molar-refractivity contribution in [3.63, 3.8) is 0 Å². The fourth-order valence-corrected chi connectivity index (χ4v) is 1.07. The number of nitrogens with zero attached hydrogens (tertiary/aromatic N) is 1. The third-order valence-corrected chi connectivity index (χ3v) is 1.80. The SMILES string of the molecule is Cc1cn(I)c(=O)[nH]c1=O. The summed E-state index contributed by atoms with van der Waals surface area (Å²) >= 11 is 1.80. The van der Waals surface area contributed by atoms with Crippen LogP contribution in [0.15, 0.2) is 15.8 Å². The van der Waals surface area contributed by atoms with E-state index in [9.17, 15) is 9.59 Å². The standard InChI is InChI=1S/C5H5IN2O2/c1-3-2-8(6)5(10)7-4(3)9/h2H,1H3,(H,7,9,10). The number of halogens is 1. The van der Waals surface area contributed by atoms with E-state index in [0.29, 0.717) is 5.56 Å². The quantitative estimate of drug-likeness (QED) is 0.663. The van der Waals surface area contributed by atoms with Gasteiger partial charge >= 0.3 is 5.69 Å². The Hall–Kier alpha value is -0.590. The third kappa shape index (κ3) is 1.28. The van der Waals surface area contributed by atoms with Crippen molar-refractivity contribution in [3.8, 4) is 0 Å². The lowest BCUT2D eigenvalue weighted by atomic mass is 10.4. The largest absolute Gasteiger partial charge is 0.337 e. The summed E-state index contributed by atoms with van der Waals surface area (Å²) in [4.78, 5) is 23.6. The average molecular weight is 252 g/mol. The highest BCUT2D eigenvalue weighted by molar-refractivity contribution is 14.1. The maximum Gasteiger partial charge on any atom is 0.337 e. The molecular formula is C5H5IN2O2. The molecule has 0 aliphatic carbocycles. The lowest BCUT2D eigenvalue weighted by molar-refractivity contribution is 0.989. The molecule has 0 aromatic carbocycles. The second-order valence-electron chi connectivity index (χ2n) is 1.88. The number of rotatable bonds is 0. The van der Waals surface area contributed by atoms with Crippen LogP contribution in [0.2, 0.25) is 0 Å². The van der Waals surface area contributed by atoms with E-state index in [1.807, 2.05) is 0 Å². The van der Waals surface area contributed by atoms with Crippen LogP contribution in [0.5, 0.6) is 0 Å². The zero-order valence-corrected chi connectivity index (χ0v) is 7.38. The maximum absolute atomic E-state index is 10.7.